The van der Waals surface area contributed by atoms with Crippen LogP contribution in [-0.2, 0) is 9.59 Å². The third-order valence-electron chi connectivity index (χ3n) is 5.21. The first kappa shape index (κ1) is 21.7. The zero-order chi connectivity index (χ0) is 22.8. The minimum Gasteiger partial charge on any atom is -0.458 e. The van der Waals surface area contributed by atoms with Crippen molar-refractivity contribution in [3.8, 4) is 17.4 Å². The van der Waals surface area contributed by atoms with Crippen LogP contribution in [-0.4, -0.2) is 62.1 Å². The zero-order valence-corrected chi connectivity index (χ0v) is 18.7. The molecule has 10 heteroatoms. The number of amides is 2. The molecule has 0 aromatic carbocycles. The number of anilines is 1. The van der Waals surface area contributed by atoms with Crippen LogP contribution in [0.4, 0.5) is 5.82 Å². The number of rotatable bonds is 6. The molecule has 1 fully saturated rings. The van der Waals surface area contributed by atoms with Gasteiger partial charge in [0.15, 0.2) is 17.4 Å². The van der Waals surface area contributed by atoms with Gasteiger partial charge in [-0.3, -0.25) is 14.5 Å². The molecule has 2 N–H and O–H groups in total. The number of furan rings is 1. The van der Waals surface area contributed by atoms with Crippen molar-refractivity contribution in [2.45, 2.75) is 40.2 Å². The summed E-state index contributed by atoms with van der Waals surface area (Å²) in [6.07, 6.45) is 0.824. The summed E-state index contributed by atoms with van der Waals surface area (Å²) in [5.41, 5.74) is 1.78. The molecule has 3 aromatic rings. The average Bonchev–Trinajstić information content (AvgIpc) is 3.41. The minimum absolute atomic E-state index is 0.0559. The summed E-state index contributed by atoms with van der Waals surface area (Å²) in [5, 5.41) is 10.3. The highest BCUT2D eigenvalue weighted by atomic mass is 16.3. The molecule has 0 aliphatic carbocycles. The van der Waals surface area contributed by atoms with E-state index in [1.54, 1.807) is 16.8 Å². The largest absolute Gasteiger partial charge is 0.458 e. The molecule has 0 spiro atoms. The van der Waals surface area contributed by atoms with Gasteiger partial charge in [-0.15, -0.1) is 0 Å². The molecule has 1 atom stereocenters. The van der Waals surface area contributed by atoms with Crippen LogP contribution in [0.1, 0.15) is 30.5 Å². The van der Waals surface area contributed by atoms with Crippen molar-refractivity contribution in [1.82, 2.24) is 30.0 Å². The molecule has 4 rings (SSSR count). The molecule has 0 bridgehead atoms. The first-order valence-electron chi connectivity index (χ1n) is 10.6. The molecule has 2 amide bonds. The van der Waals surface area contributed by atoms with Crippen LogP contribution in [0.5, 0.6) is 0 Å². The summed E-state index contributed by atoms with van der Waals surface area (Å²) in [6.45, 7) is 8.81. The predicted octanol–water partition coefficient (Wildman–Crippen LogP) is 2.00. The zero-order valence-electron chi connectivity index (χ0n) is 18.7. The number of hydrogen-bond donors (Lipinski definition) is 2. The van der Waals surface area contributed by atoms with Crippen LogP contribution >= 0.6 is 0 Å². The topological polar surface area (TPSA) is 118 Å². The first-order chi connectivity index (χ1) is 15.3. The average molecular weight is 438 g/mol. The molecule has 3 aromatic heterocycles. The Hall–Kier alpha value is -3.53. The molecule has 1 saturated heterocycles. The highest BCUT2D eigenvalue weighted by molar-refractivity contribution is 5.91. The van der Waals surface area contributed by atoms with Crippen LogP contribution in [0.3, 0.4) is 0 Å². The van der Waals surface area contributed by atoms with Crippen molar-refractivity contribution < 1.29 is 14.0 Å². The van der Waals surface area contributed by atoms with E-state index in [1.807, 2.05) is 37.8 Å². The SMILES string of the molecule is CC(=O)N[C@H]1CCN(CC(=O)Nc2cc(-n3nc(C)cc3C)nc(-c3ccc(C)o3)n2)C1. The highest BCUT2D eigenvalue weighted by Gasteiger charge is 2.25. The fraction of sp³-hybridized carbons (Fsp3) is 0.409. The Kier molecular flexibility index (Phi) is 6.04. The Labute approximate surface area is 186 Å². The number of nitrogens with one attached hydrogen (secondary N) is 2. The Bertz CT molecular complexity index is 1150. The first-order valence-corrected chi connectivity index (χ1v) is 10.6. The Morgan fingerprint density at radius 1 is 1.19 bits per heavy atom. The van der Waals surface area contributed by atoms with E-state index in [1.165, 1.54) is 6.92 Å². The number of nitrogens with zero attached hydrogens (tertiary/aromatic N) is 5. The number of hydrogen-bond acceptors (Lipinski definition) is 7. The third-order valence-corrected chi connectivity index (χ3v) is 5.21. The molecule has 1 aliphatic heterocycles. The Morgan fingerprint density at radius 2 is 2.00 bits per heavy atom. The van der Waals surface area contributed by atoms with Crippen molar-refractivity contribution >= 4 is 17.6 Å². The molecule has 10 nitrogen and oxygen atoms in total. The third kappa shape index (κ3) is 5.02. The van der Waals surface area contributed by atoms with Gasteiger partial charge in [0.05, 0.1) is 12.2 Å². The van der Waals surface area contributed by atoms with Crippen LogP contribution in [0.25, 0.3) is 17.4 Å². The quantitative estimate of drug-likeness (QED) is 0.605. The molecule has 0 radical (unpaired) electrons. The van der Waals surface area contributed by atoms with E-state index in [0.29, 0.717) is 29.8 Å². The lowest BCUT2D eigenvalue weighted by molar-refractivity contribution is -0.119. The van der Waals surface area contributed by atoms with Gasteiger partial charge in [-0.1, -0.05) is 0 Å². The van der Waals surface area contributed by atoms with E-state index >= 15 is 0 Å². The van der Waals surface area contributed by atoms with Crippen LogP contribution in [0.2, 0.25) is 0 Å². The molecule has 4 heterocycles. The molecule has 0 saturated carbocycles. The molecule has 0 unspecified atom stereocenters. The molecular formula is C22H27N7O3. The van der Waals surface area contributed by atoms with Gasteiger partial charge in [0.1, 0.15) is 11.6 Å². The normalized spacial score (nSPS) is 16.3. The van der Waals surface area contributed by atoms with E-state index in [9.17, 15) is 9.59 Å². The van der Waals surface area contributed by atoms with Crippen LogP contribution in [0.15, 0.2) is 28.7 Å². The number of carbonyl (C=O) groups is 2. The molecular weight excluding hydrogens is 410 g/mol. The van der Waals surface area contributed by atoms with Gasteiger partial charge in [-0.25, -0.2) is 14.6 Å². The summed E-state index contributed by atoms with van der Waals surface area (Å²) in [4.78, 5) is 35.1. The lowest BCUT2D eigenvalue weighted by Gasteiger charge is -2.16. The summed E-state index contributed by atoms with van der Waals surface area (Å²) < 4.78 is 7.41. The molecule has 1 aliphatic rings. The second kappa shape index (κ2) is 8.91. The predicted molar refractivity (Wildman–Crippen MR) is 118 cm³/mol. The smallest absolute Gasteiger partial charge is 0.239 e. The van der Waals surface area contributed by atoms with Gasteiger partial charge in [-0.05, 0) is 45.4 Å². The standard InChI is InChI=1S/C22H27N7O3/c1-13-9-14(2)29(27-13)20-10-19(25-22(26-20)18-6-5-15(3)32-18)24-21(31)12-28-8-7-17(11-28)23-16(4)30/h5-6,9-10,17H,7-8,11-12H2,1-4H3,(H,23,30)(H,24,25,26,31)/t17-/m0/s1. The lowest BCUT2D eigenvalue weighted by Crippen LogP contribution is -2.37. The van der Waals surface area contributed by atoms with Crippen LogP contribution < -0.4 is 10.6 Å². The van der Waals surface area contributed by atoms with E-state index in [4.69, 9.17) is 4.42 Å². The maximum absolute atomic E-state index is 12.7. The van der Waals surface area contributed by atoms with Crippen molar-refractivity contribution in [2.75, 3.05) is 25.0 Å². The fourth-order valence-corrected chi connectivity index (χ4v) is 3.90. The van der Waals surface area contributed by atoms with E-state index < -0.39 is 0 Å². The van der Waals surface area contributed by atoms with Gasteiger partial charge in [0, 0.05) is 37.8 Å². The van der Waals surface area contributed by atoms with Gasteiger partial charge in [0.25, 0.3) is 0 Å². The number of likely N-dealkylation sites (tertiary alicyclic amines) is 1. The van der Waals surface area contributed by atoms with Gasteiger partial charge < -0.3 is 15.1 Å². The fourth-order valence-electron chi connectivity index (χ4n) is 3.90. The summed E-state index contributed by atoms with van der Waals surface area (Å²) in [5.74, 6) is 2.29. The summed E-state index contributed by atoms with van der Waals surface area (Å²) in [6, 6.07) is 7.36. The van der Waals surface area contributed by atoms with E-state index in [0.717, 1.165) is 30.1 Å². The maximum atomic E-state index is 12.7. The second-order valence-electron chi connectivity index (χ2n) is 8.15. The summed E-state index contributed by atoms with van der Waals surface area (Å²) >= 11 is 0. The second-order valence-corrected chi connectivity index (χ2v) is 8.15. The van der Waals surface area contributed by atoms with Crippen molar-refractivity contribution in [3.05, 3.63) is 41.4 Å². The monoisotopic (exact) mass is 437 g/mol. The lowest BCUT2D eigenvalue weighted by atomic mass is 10.3. The number of aryl methyl sites for hydroxylation is 3. The number of aromatic nitrogens is 4. The van der Waals surface area contributed by atoms with E-state index in [-0.39, 0.29) is 24.4 Å². The van der Waals surface area contributed by atoms with Crippen molar-refractivity contribution in [3.63, 3.8) is 0 Å². The van der Waals surface area contributed by atoms with Crippen LogP contribution in [0, 0.1) is 20.8 Å². The molecule has 32 heavy (non-hydrogen) atoms. The van der Waals surface area contributed by atoms with Gasteiger partial charge in [-0.2, -0.15) is 5.10 Å². The molecule has 168 valence electrons. The van der Waals surface area contributed by atoms with Gasteiger partial charge in [0.2, 0.25) is 11.8 Å². The Morgan fingerprint density at radius 3 is 2.66 bits per heavy atom. The minimum atomic E-state index is -0.187. The highest BCUT2D eigenvalue weighted by Crippen LogP contribution is 2.23. The van der Waals surface area contributed by atoms with Crippen molar-refractivity contribution in [1.29, 1.82) is 0 Å². The Balaban J connectivity index is 1.55. The summed E-state index contributed by atoms with van der Waals surface area (Å²) in [7, 11) is 0. The van der Waals surface area contributed by atoms with Crippen molar-refractivity contribution in [2.24, 2.45) is 0 Å². The van der Waals surface area contributed by atoms with E-state index in [2.05, 4.69) is 25.7 Å². The number of carbonyl (C=O) groups excluding carboxylic acids is 2. The van der Waals surface area contributed by atoms with Gasteiger partial charge >= 0.3 is 0 Å². The maximum Gasteiger partial charge on any atom is 0.239 e.